The summed E-state index contributed by atoms with van der Waals surface area (Å²) in [6, 6.07) is 3.32. The highest BCUT2D eigenvalue weighted by molar-refractivity contribution is 6.31. The number of fused-ring (bicyclic) bond motifs is 1. The van der Waals surface area contributed by atoms with E-state index in [2.05, 4.69) is 0 Å². The Labute approximate surface area is 75.3 Å². The Balaban J connectivity index is 2.64. The SMILES string of the molecule is Nc1ccc(Cl)c2c1OC[C@@H]2N. The van der Waals surface area contributed by atoms with Gasteiger partial charge in [-0.15, -0.1) is 0 Å². The topological polar surface area (TPSA) is 61.3 Å². The molecule has 0 saturated heterocycles. The first kappa shape index (κ1) is 7.71. The van der Waals surface area contributed by atoms with Crippen LogP contribution < -0.4 is 16.2 Å². The number of nitrogens with two attached hydrogens (primary N) is 2. The minimum absolute atomic E-state index is 0.143. The van der Waals surface area contributed by atoms with Gasteiger partial charge < -0.3 is 16.2 Å². The van der Waals surface area contributed by atoms with Crippen molar-refractivity contribution < 1.29 is 4.74 Å². The Morgan fingerprint density at radius 3 is 2.92 bits per heavy atom. The van der Waals surface area contributed by atoms with Crippen LogP contribution in [0.2, 0.25) is 5.02 Å². The molecule has 1 aliphatic rings. The fourth-order valence-electron chi connectivity index (χ4n) is 1.36. The van der Waals surface area contributed by atoms with Gasteiger partial charge in [-0.1, -0.05) is 11.6 Å². The predicted molar refractivity (Wildman–Crippen MR) is 48.3 cm³/mol. The maximum atomic E-state index is 5.92. The summed E-state index contributed by atoms with van der Waals surface area (Å²) >= 11 is 5.92. The van der Waals surface area contributed by atoms with Gasteiger partial charge in [0.25, 0.3) is 0 Å². The Morgan fingerprint density at radius 2 is 2.25 bits per heavy atom. The van der Waals surface area contributed by atoms with E-state index in [1.807, 2.05) is 0 Å². The molecule has 0 aromatic heterocycles. The Morgan fingerprint density at radius 1 is 1.50 bits per heavy atom. The van der Waals surface area contributed by atoms with Crippen LogP contribution in [0.1, 0.15) is 11.6 Å². The van der Waals surface area contributed by atoms with Crippen molar-refractivity contribution in [3.63, 3.8) is 0 Å². The van der Waals surface area contributed by atoms with E-state index in [1.54, 1.807) is 12.1 Å². The molecule has 1 aromatic carbocycles. The maximum absolute atomic E-state index is 5.92. The molecular weight excluding hydrogens is 176 g/mol. The van der Waals surface area contributed by atoms with Crippen molar-refractivity contribution in [1.82, 2.24) is 0 Å². The van der Waals surface area contributed by atoms with Crippen molar-refractivity contribution >= 4 is 17.3 Å². The lowest BCUT2D eigenvalue weighted by Gasteiger charge is -2.05. The smallest absolute Gasteiger partial charge is 0.148 e. The van der Waals surface area contributed by atoms with Crippen molar-refractivity contribution in [2.75, 3.05) is 12.3 Å². The van der Waals surface area contributed by atoms with Crippen molar-refractivity contribution in [1.29, 1.82) is 0 Å². The van der Waals surface area contributed by atoms with E-state index >= 15 is 0 Å². The molecular formula is C8H9ClN2O. The summed E-state index contributed by atoms with van der Waals surface area (Å²) < 4.78 is 5.29. The molecule has 0 unspecified atom stereocenters. The number of hydrogen-bond acceptors (Lipinski definition) is 3. The third-order valence-corrected chi connectivity index (χ3v) is 2.28. The quantitative estimate of drug-likeness (QED) is 0.598. The summed E-state index contributed by atoms with van der Waals surface area (Å²) in [5.74, 6) is 0.648. The van der Waals surface area contributed by atoms with E-state index in [4.69, 9.17) is 27.8 Å². The van der Waals surface area contributed by atoms with Crippen LogP contribution in [0, 0.1) is 0 Å². The third-order valence-electron chi connectivity index (χ3n) is 1.95. The number of hydrogen-bond donors (Lipinski definition) is 2. The fourth-order valence-corrected chi connectivity index (χ4v) is 1.64. The van der Waals surface area contributed by atoms with Crippen molar-refractivity contribution in [2.24, 2.45) is 5.73 Å². The van der Waals surface area contributed by atoms with E-state index in [0.717, 1.165) is 5.56 Å². The molecule has 0 saturated carbocycles. The number of benzene rings is 1. The molecule has 0 aliphatic carbocycles. The zero-order chi connectivity index (χ0) is 8.72. The molecule has 0 bridgehead atoms. The van der Waals surface area contributed by atoms with Crippen LogP contribution in [0.15, 0.2) is 12.1 Å². The largest absolute Gasteiger partial charge is 0.489 e. The van der Waals surface area contributed by atoms with E-state index in [0.29, 0.717) is 23.1 Å². The molecule has 1 aliphatic heterocycles. The van der Waals surface area contributed by atoms with Gasteiger partial charge in [-0.05, 0) is 12.1 Å². The summed E-state index contributed by atoms with van der Waals surface area (Å²) in [4.78, 5) is 0. The number of rotatable bonds is 0. The zero-order valence-electron chi connectivity index (χ0n) is 6.38. The number of anilines is 1. The van der Waals surface area contributed by atoms with Crippen LogP contribution in [-0.2, 0) is 0 Å². The van der Waals surface area contributed by atoms with Crippen molar-refractivity contribution in [3.8, 4) is 5.75 Å². The maximum Gasteiger partial charge on any atom is 0.148 e. The van der Waals surface area contributed by atoms with E-state index < -0.39 is 0 Å². The summed E-state index contributed by atoms with van der Waals surface area (Å²) in [5.41, 5.74) is 12.8. The molecule has 0 radical (unpaired) electrons. The van der Waals surface area contributed by atoms with Crippen LogP contribution >= 0.6 is 11.6 Å². The first-order chi connectivity index (χ1) is 5.70. The molecule has 2 rings (SSSR count). The van der Waals surface area contributed by atoms with Crippen LogP contribution in [0.4, 0.5) is 5.69 Å². The van der Waals surface area contributed by atoms with Gasteiger partial charge in [0, 0.05) is 10.6 Å². The monoisotopic (exact) mass is 184 g/mol. The van der Waals surface area contributed by atoms with Gasteiger partial charge in [0.1, 0.15) is 12.4 Å². The first-order valence-corrected chi connectivity index (χ1v) is 4.04. The van der Waals surface area contributed by atoms with Crippen LogP contribution in [0.5, 0.6) is 5.75 Å². The second-order valence-corrected chi connectivity index (χ2v) is 3.20. The lowest BCUT2D eigenvalue weighted by Crippen LogP contribution is -2.11. The van der Waals surface area contributed by atoms with Crippen LogP contribution in [0.3, 0.4) is 0 Å². The fraction of sp³-hybridized carbons (Fsp3) is 0.250. The summed E-state index contributed by atoms with van der Waals surface area (Å²) in [5, 5.41) is 0.629. The van der Waals surface area contributed by atoms with Gasteiger partial charge in [0.05, 0.1) is 11.7 Å². The van der Waals surface area contributed by atoms with Gasteiger partial charge in [-0.2, -0.15) is 0 Å². The molecule has 1 aromatic rings. The highest BCUT2D eigenvalue weighted by Crippen LogP contribution is 2.40. The molecule has 12 heavy (non-hydrogen) atoms. The van der Waals surface area contributed by atoms with Gasteiger partial charge >= 0.3 is 0 Å². The lowest BCUT2D eigenvalue weighted by atomic mass is 10.1. The molecule has 0 amide bonds. The van der Waals surface area contributed by atoms with Crippen LogP contribution in [0.25, 0.3) is 0 Å². The third kappa shape index (κ3) is 0.940. The lowest BCUT2D eigenvalue weighted by molar-refractivity contribution is 0.334. The molecule has 1 atom stereocenters. The van der Waals surface area contributed by atoms with E-state index in [-0.39, 0.29) is 6.04 Å². The molecule has 0 spiro atoms. The Hall–Kier alpha value is -0.930. The number of ether oxygens (including phenoxy) is 1. The molecule has 0 fully saturated rings. The Kier molecular flexibility index (Phi) is 1.63. The second-order valence-electron chi connectivity index (χ2n) is 2.80. The van der Waals surface area contributed by atoms with Gasteiger partial charge in [-0.25, -0.2) is 0 Å². The van der Waals surface area contributed by atoms with Crippen LogP contribution in [-0.4, -0.2) is 6.61 Å². The number of nitrogen functional groups attached to an aromatic ring is 1. The highest BCUT2D eigenvalue weighted by Gasteiger charge is 2.25. The average molecular weight is 185 g/mol. The standard InChI is InChI=1S/C8H9ClN2O/c9-4-1-2-5(10)8-7(4)6(11)3-12-8/h1-2,6H,3,10-11H2/t6-/m0/s1. The molecule has 4 heteroatoms. The van der Waals surface area contributed by atoms with Crippen molar-refractivity contribution in [2.45, 2.75) is 6.04 Å². The van der Waals surface area contributed by atoms with E-state index in [1.165, 1.54) is 0 Å². The molecule has 64 valence electrons. The minimum Gasteiger partial charge on any atom is -0.489 e. The molecule has 1 heterocycles. The summed E-state index contributed by atoms with van der Waals surface area (Å²) in [6.45, 7) is 0.462. The molecule has 3 nitrogen and oxygen atoms in total. The minimum atomic E-state index is -0.143. The second kappa shape index (κ2) is 2.54. The summed E-state index contributed by atoms with van der Waals surface area (Å²) in [7, 11) is 0. The first-order valence-electron chi connectivity index (χ1n) is 3.66. The van der Waals surface area contributed by atoms with Gasteiger partial charge in [0.15, 0.2) is 0 Å². The van der Waals surface area contributed by atoms with E-state index in [9.17, 15) is 0 Å². The Bertz CT molecular complexity index is 327. The number of halogens is 1. The van der Waals surface area contributed by atoms with Crippen molar-refractivity contribution in [3.05, 3.63) is 22.7 Å². The molecule has 4 N–H and O–H groups in total. The normalized spacial score (nSPS) is 20.3. The van der Waals surface area contributed by atoms with Gasteiger partial charge in [-0.3, -0.25) is 0 Å². The summed E-state index contributed by atoms with van der Waals surface area (Å²) in [6.07, 6.45) is 0. The average Bonchev–Trinajstić information content (AvgIpc) is 2.42. The highest BCUT2D eigenvalue weighted by atomic mass is 35.5. The van der Waals surface area contributed by atoms with Gasteiger partial charge in [0.2, 0.25) is 0 Å². The zero-order valence-corrected chi connectivity index (χ0v) is 7.14. The predicted octanol–water partition coefficient (Wildman–Crippen LogP) is 1.31.